The molecule has 104 valence electrons. The maximum Gasteiger partial charge on any atom is 0.303 e. The summed E-state index contributed by atoms with van der Waals surface area (Å²) in [6.07, 6.45) is -0.453. The Hall–Kier alpha value is -1.84. The molecule has 1 aromatic rings. The van der Waals surface area contributed by atoms with Crippen molar-refractivity contribution in [2.24, 2.45) is 5.41 Å². The fraction of sp³-hybridized carbons (Fsp3) is 0.467. The van der Waals surface area contributed by atoms with E-state index >= 15 is 0 Å². The zero-order valence-corrected chi connectivity index (χ0v) is 11.8. The zero-order chi connectivity index (χ0) is 14.5. The van der Waals surface area contributed by atoms with Crippen molar-refractivity contribution in [1.29, 1.82) is 0 Å². The van der Waals surface area contributed by atoms with Crippen LogP contribution < -0.4 is 0 Å². The molecular weight excluding hydrogens is 244 g/mol. The van der Waals surface area contributed by atoms with E-state index in [1.807, 2.05) is 44.2 Å². The van der Waals surface area contributed by atoms with Gasteiger partial charge in [-0.15, -0.1) is 0 Å². The van der Waals surface area contributed by atoms with Crippen molar-refractivity contribution in [3.63, 3.8) is 0 Å². The van der Waals surface area contributed by atoms with E-state index in [0.717, 1.165) is 5.56 Å². The van der Waals surface area contributed by atoms with Crippen LogP contribution in [0.2, 0.25) is 0 Å². The molecule has 0 aliphatic carbocycles. The third-order valence-corrected chi connectivity index (χ3v) is 2.74. The van der Waals surface area contributed by atoms with E-state index in [0.29, 0.717) is 0 Å². The van der Waals surface area contributed by atoms with E-state index in [9.17, 15) is 9.59 Å². The van der Waals surface area contributed by atoms with Crippen LogP contribution in [0.1, 0.15) is 39.4 Å². The molecule has 4 heteroatoms. The summed E-state index contributed by atoms with van der Waals surface area (Å²) in [4.78, 5) is 22.2. The first-order valence-corrected chi connectivity index (χ1v) is 6.18. The summed E-state index contributed by atoms with van der Waals surface area (Å²) in [5, 5.41) is 0. The van der Waals surface area contributed by atoms with Gasteiger partial charge in [0.05, 0.1) is 0 Å². The van der Waals surface area contributed by atoms with Crippen molar-refractivity contribution in [2.75, 3.05) is 6.61 Å². The largest absolute Gasteiger partial charge is 0.465 e. The lowest BCUT2D eigenvalue weighted by Gasteiger charge is -2.33. The van der Waals surface area contributed by atoms with Crippen molar-refractivity contribution in [2.45, 2.75) is 33.8 Å². The third kappa shape index (κ3) is 4.73. The first-order chi connectivity index (χ1) is 8.83. The summed E-state index contributed by atoms with van der Waals surface area (Å²) in [5.41, 5.74) is 0.383. The minimum atomic E-state index is -0.501. The fourth-order valence-electron chi connectivity index (χ4n) is 1.84. The molecule has 1 atom stereocenters. The highest BCUT2D eigenvalue weighted by Crippen LogP contribution is 2.37. The highest BCUT2D eigenvalue weighted by atomic mass is 16.6. The molecule has 0 bridgehead atoms. The van der Waals surface area contributed by atoms with Gasteiger partial charge in [-0.25, -0.2) is 0 Å². The second-order valence-electron chi connectivity index (χ2n) is 5.17. The third-order valence-electron chi connectivity index (χ3n) is 2.74. The Balaban J connectivity index is 2.96. The Kier molecular flexibility index (Phi) is 5.10. The lowest BCUT2D eigenvalue weighted by molar-refractivity contribution is -0.159. The predicted octanol–water partition coefficient (Wildman–Crippen LogP) is 2.88. The van der Waals surface area contributed by atoms with E-state index in [-0.39, 0.29) is 18.5 Å². The highest BCUT2D eigenvalue weighted by Gasteiger charge is 2.34. The van der Waals surface area contributed by atoms with Gasteiger partial charge in [-0.3, -0.25) is 9.59 Å². The molecule has 0 radical (unpaired) electrons. The Morgan fingerprint density at radius 1 is 1.11 bits per heavy atom. The van der Waals surface area contributed by atoms with Gasteiger partial charge in [0.25, 0.3) is 0 Å². The van der Waals surface area contributed by atoms with Crippen molar-refractivity contribution in [3.8, 4) is 0 Å². The van der Waals surface area contributed by atoms with E-state index in [2.05, 4.69) is 0 Å². The van der Waals surface area contributed by atoms with Crippen LogP contribution >= 0.6 is 0 Å². The van der Waals surface area contributed by atoms with Crippen LogP contribution in [-0.2, 0) is 19.1 Å². The van der Waals surface area contributed by atoms with E-state index in [1.165, 1.54) is 13.8 Å². The van der Waals surface area contributed by atoms with Gasteiger partial charge in [0.1, 0.15) is 12.7 Å². The number of ether oxygens (including phenoxy) is 2. The van der Waals surface area contributed by atoms with E-state index in [4.69, 9.17) is 9.47 Å². The highest BCUT2D eigenvalue weighted by molar-refractivity contribution is 5.67. The Morgan fingerprint density at radius 2 is 1.68 bits per heavy atom. The minimum Gasteiger partial charge on any atom is -0.465 e. The van der Waals surface area contributed by atoms with Gasteiger partial charge in [0.2, 0.25) is 0 Å². The van der Waals surface area contributed by atoms with Gasteiger partial charge in [0, 0.05) is 19.3 Å². The molecule has 4 nitrogen and oxygen atoms in total. The molecule has 0 saturated heterocycles. The molecule has 1 aromatic carbocycles. The number of esters is 2. The Morgan fingerprint density at radius 3 is 2.16 bits per heavy atom. The monoisotopic (exact) mass is 264 g/mol. The topological polar surface area (TPSA) is 52.6 Å². The Bertz CT molecular complexity index is 437. The molecule has 0 aliphatic heterocycles. The average molecular weight is 264 g/mol. The van der Waals surface area contributed by atoms with Crippen molar-refractivity contribution in [3.05, 3.63) is 35.9 Å². The number of hydrogen-bond acceptors (Lipinski definition) is 4. The molecule has 1 rings (SSSR count). The average Bonchev–Trinajstić information content (AvgIpc) is 2.34. The lowest BCUT2D eigenvalue weighted by atomic mass is 9.83. The van der Waals surface area contributed by atoms with Crippen molar-refractivity contribution >= 4 is 11.9 Å². The predicted molar refractivity (Wildman–Crippen MR) is 71.4 cm³/mol. The normalized spacial score (nSPS) is 12.6. The first kappa shape index (κ1) is 15.2. The van der Waals surface area contributed by atoms with Crippen molar-refractivity contribution < 1.29 is 19.1 Å². The Labute approximate surface area is 113 Å². The standard InChI is InChI=1S/C15H20O4/c1-11(16)18-10-15(3,4)14(19-12(2)17)13-8-6-5-7-9-13/h5-9,14H,10H2,1-4H3/t14-/m1/s1. The molecule has 19 heavy (non-hydrogen) atoms. The lowest BCUT2D eigenvalue weighted by Crippen LogP contribution is -2.31. The summed E-state index contributed by atoms with van der Waals surface area (Å²) in [5.74, 6) is -0.701. The van der Waals surface area contributed by atoms with E-state index in [1.54, 1.807) is 0 Å². The molecule has 0 N–H and O–H groups in total. The first-order valence-electron chi connectivity index (χ1n) is 6.18. The molecular formula is C15H20O4. The molecule has 0 amide bonds. The number of carbonyl (C=O) groups excluding carboxylic acids is 2. The summed E-state index contributed by atoms with van der Waals surface area (Å²) >= 11 is 0. The van der Waals surface area contributed by atoms with E-state index < -0.39 is 11.5 Å². The second-order valence-corrected chi connectivity index (χ2v) is 5.17. The van der Waals surface area contributed by atoms with Crippen LogP contribution in [-0.4, -0.2) is 18.5 Å². The van der Waals surface area contributed by atoms with Gasteiger partial charge < -0.3 is 9.47 Å². The maximum atomic E-state index is 11.3. The summed E-state index contributed by atoms with van der Waals surface area (Å²) < 4.78 is 10.5. The number of benzene rings is 1. The number of hydrogen-bond donors (Lipinski definition) is 0. The molecule has 0 unspecified atom stereocenters. The van der Waals surface area contributed by atoms with Gasteiger partial charge in [0.15, 0.2) is 0 Å². The molecule has 0 spiro atoms. The molecule has 0 aliphatic rings. The summed E-state index contributed by atoms with van der Waals surface area (Å²) in [6.45, 7) is 6.72. The van der Waals surface area contributed by atoms with Crippen LogP contribution in [0.15, 0.2) is 30.3 Å². The van der Waals surface area contributed by atoms with Gasteiger partial charge >= 0.3 is 11.9 Å². The zero-order valence-electron chi connectivity index (χ0n) is 11.8. The minimum absolute atomic E-state index is 0.190. The SMILES string of the molecule is CC(=O)OCC(C)(C)[C@H](OC(C)=O)c1ccccc1. The fourth-order valence-corrected chi connectivity index (χ4v) is 1.84. The molecule has 0 heterocycles. The quantitative estimate of drug-likeness (QED) is 0.767. The molecule has 0 saturated carbocycles. The second kappa shape index (κ2) is 6.36. The van der Waals surface area contributed by atoms with Gasteiger partial charge in [-0.05, 0) is 5.56 Å². The van der Waals surface area contributed by atoms with Crippen molar-refractivity contribution in [1.82, 2.24) is 0 Å². The summed E-state index contributed by atoms with van der Waals surface area (Å²) in [7, 11) is 0. The van der Waals surface area contributed by atoms with Gasteiger partial charge in [-0.2, -0.15) is 0 Å². The van der Waals surface area contributed by atoms with Crippen LogP contribution in [0.25, 0.3) is 0 Å². The smallest absolute Gasteiger partial charge is 0.303 e. The van der Waals surface area contributed by atoms with Crippen LogP contribution in [0.4, 0.5) is 0 Å². The van der Waals surface area contributed by atoms with Crippen LogP contribution in [0, 0.1) is 5.41 Å². The van der Waals surface area contributed by atoms with Crippen LogP contribution in [0.5, 0.6) is 0 Å². The van der Waals surface area contributed by atoms with Gasteiger partial charge in [-0.1, -0.05) is 44.2 Å². The molecule has 0 aromatic heterocycles. The number of carbonyl (C=O) groups is 2. The van der Waals surface area contributed by atoms with Crippen LogP contribution in [0.3, 0.4) is 0 Å². The number of rotatable bonds is 5. The maximum absolute atomic E-state index is 11.3. The summed E-state index contributed by atoms with van der Waals surface area (Å²) in [6, 6.07) is 9.45. The molecule has 0 fully saturated rings.